The SMILES string of the molecule is Cc1c(CN)c(=O)n(C)c2ccc(Br)cc12. The zero-order valence-electron chi connectivity index (χ0n) is 9.25. The molecule has 0 radical (unpaired) electrons. The Morgan fingerprint density at radius 1 is 1.44 bits per heavy atom. The standard InChI is InChI=1S/C12H13BrN2O/c1-7-9-5-8(13)3-4-11(9)15(2)12(16)10(7)6-14/h3-5H,6,14H2,1-2H3. The van der Waals surface area contributed by atoms with Crippen molar-refractivity contribution in [1.82, 2.24) is 4.57 Å². The number of hydrogen-bond donors (Lipinski definition) is 1. The molecule has 16 heavy (non-hydrogen) atoms. The summed E-state index contributed by atoms with van der Waals surface area (Å²) in [5.41, 5.74) is 8.21. The van der Waals surface area contributed by atoms with Crippen molar-refractivity contribution in [3.8, 4) is 0 Å². The van der Waals surface area contributed by atoms with Gasteiger partial charge in [0.05, 0.1) is 5.52 Å². The summed E-state index contributed by atoms with van der Waals surface area (Å²) < 4.78 is 2.65. The van der Waals surface area contributed by atoms with E-state index in [1.165, 1.54) is 0 Å². The molecule has 0 saturated carbocycles. The van der Waals surface area contributed by atoms with Crippen molar-refractivity contribution in [2.75, 3.05) is 0 Å². The molecule has 84 valence electrons. The fourth-order valence-corrected chi connectivity index (χ4v) is 2.34. The first kappa shape index (κ1) is 11.4. The van der Waals surface area contributed by atoms with Gasteiger partial charge in [0, 0.05) is 29.0 Å². The third-order valence-corrected chi connectivity index (χ3v) is 3.44. The van der Waals surface area contributed by atoms with E-state index in [4.69, 9.17) is 5.73 Å². The first-order chi connectivity index (χ1) is 7.56. The van der Waals surface area contributed by atoms with E-state index >= 15 is 0 Å². The van der Waals surface area contributed by atoms with Gasteiger partial charge in [-0.25, -0.2) is 0 Å². The molecule has 0 amide bonds. The van der Waals surface area contributed by atoms with Gasteiger partial charge in [-0.2, -0.15) is 0 Å². The zero-order valence-corrected chi connectivity index (χ0v) is 10.8. The van der Waals surface area contributed by atoms with Gasteiger partial charge in [0.15, 0.2) is 0 Å². The summed E-state index contributed by atoms with van der Waals surface area (Å²) in [6.45, 7) is 2.22. The summed E-state index contributed by atoms with van der Waals surface area (Å²) in [7, 11) is 1.77. The lowest BCUT2D eigenvalue weighted by Gasteiger charge is -2.12. The zero-order chi connectivity index (χ0) is 11.9. The molecule has 1 aromatic carbocycles. The number of aromatic nitrogens is 1. The smallest absolute Gasteiger partial charge is 0.255 e. The quantitative estimate of drug-likeness (QED) is 0.869. The van der Waals surface area contributed by atoms with Crippen LogP contribution in [0.2, 0.25) is 0 Å². The van der Waals surface area contributed by atoms with Gasteiger partial charge in [-0.1, -0.05) is 15.9 Å². The van der Waals surface area contributed by atoms with E-state index in [-0.39, 0.29) is 12.1 Å². The maximum absolute atomic E-state index is 12.0. The Labute approximate surface area is 102 Å². The highest BCUT2D eigenvalue weighted by Crippen LogP contribution is 2.22. The van der Waals surface area contributed by atoms with Gasteiger partial charge in [0.1, 0.15) is 0 Å². The average Bonchev–Trinajstić information content (AvgIpc) is 2.27. The highest BCUT2D eigenvalue weighted by atomic mass is 79.9. The second-order valence-electron chi connectivity index (χ2n) is 3.83. The van der Waals surface area contributed by atoms with Crippen LogP contribution in [0.1, 0.15) is 11.1 Å². The Morgan fingerprint density at radius 2 is 2.12 bits per heavy atom. The number of hydrogen-bond acceptors (Lipinski definition) is 2. The second kappa shape index (κ2) is 4.03. The van der Waals surface area contributed by atoms with Gasteiger partial charge in [-0.3, -0.25) is 4.79 Å². The number of benzene rings is 1. The van der Waals surface area contributed by atoms with Crippen LogP contribution in [-0.2, 0) is 13.6 Å². The summed E-state index contributed by atoms with van der Waals surface area (Å²) in [4.78, 5) is 12.0. The Kier molecular flexibility index (Phi) is 2.86. The lowest BCUT2D eigenvalue weighted by Crippen LogP contribution is -2.25. The first-order valence-electron chi connectivity index (χ1n) is 5.04. The first-order valence-corrected chi connectivity index (χ1v) is 5.83. The highest BCUT2D eigenvalue weighted by molar-refractivity contribution is 9.10. The van der Waals surface area contributed by atoms with Crippen molar-refractivity contribution < 1.29 is 0 Å². The summed E-state index contributed by atoms with van der Waals surface area (Å²) in [5, 5.41) is 1.07. The normalized spacial score (nSPS) is 11.0. The van der Waals surface area contributed by atoms with E-state index in [1.54, 1.807) is 11.6 Å². The predicted molar refractivity (Wildman–Crippen MR) is 69.5 cm³/mol. The molecule has 0 bridgehead atoms. The maximum Gasteiger partial charge on any atom is 0.255 e. The van der Waals surface area contributed by atoms with Gasteiger partial charge in [-0.05, 0) is 30.7 Å². The van der Waals surface area contributed by atoms with E-state index in [2.05, 4.69) is 15.9 Å². The molecule has 2 rings (SSSR count). The number of fused-ring (bicyclic) bond motifs is 1. The lowest BCUT2D eigenvalue weighted by molar-refractivity contribution is 0.862. The Bertz CT molecular complexity index is 616. The Hall–Kier alpha value is -1.13. The molecule has 0 aliphatic heterocycles. The summed E-state index contributed by atoms with van der Waals surface area (Å²) in [5.74, 6) is 0. The number of nitrogens with two attached hydrogens (primary N) is 1. The van der Waals surface area contributed by atoms with Crippen LogP contribution < -0.4 is 11.3 Å². The molecular weight excluding hydrogens is 268 g/mol. The third-order valence-electron chi connectivity index (χ3n) is 2.94. The Morgan fingerprint density at radius 3 is 2.75 bits per heavy atom. The summed E-state index contributed by atoms with van der Waals surface area (Å²) >= 11 is 3.44. The predicted octanol–water partition coefficient (Wildman–Crippen LogP) is 2.07. The molecule has 0 aliphatic carbocycles. The maximum atomic E-state index is 12.0. The highest BCUT2D eigenvalue weighted by Gasteiger charge is 2.10. The lowest BCUT2D eigenvalue weighted by atomic mass is 10.0. The fraction of sp³-hybridized carbons (Fsp3) is 0.250. The van der Waals surface area contributed by atoms with E-state index in [1.807, 2.05) is 25.1 Å². The van der Waals surface area contributed by atoms with Crippen molar-refractivity contribution >= 4 is 26.8 Å². The van der Waals surface area contributed by atoms with Crippen molar-refractivity contribution in [3.63, 3.8) is 0 Å². The van der Waals surface area contributed by atoms with Gasteiger partial charge >= 0.3 is 0 Å². The van der Waals surface area contributed by atoms with Crippen LogP contribution in [0.4, 0.5) is 0 Å². The topological polar surface area (TPSA) is 48.0 Å². The molecule has 1 heterocycles. The summed E-state index contributed by atoms with van der Waals surface area (Å²) in [6, 6.07) is 5.89. The molecular formula is C12H13BrN2O. The van der Waals surface area contributed by atoms with Gasteiger partial charge in [0.25, 0.3) is 5.56 Å². The molecule has 0 saturated heterocycles. The van der Waals surface area contributed by atoms with Crippen LogP contribution >= 0.6 is 15.9 Å². The van der Waals surface area contributed by atoms with Crippen LogP contribution in [-0.4, -0.2) is 4.57 Å². The summed E-state index contributed by atoms with van der Waals surface area (Å²) in [6.07, 6.45) is 0. The van der Waals surface area contributed by atoms with E-state index < -0.39 is 0 Å². The van der Waals surface area contributed by atoms with Crippen LogP contribution in [0.25, 0.3) is 10.9 Å². The molecule has 4 heteroatoms. The molecule has 0 unspecified atom stereocenters. The number of pyridine rings is 1. The fourth-order valence-electron chi connectivity index (χ4n) is 1.98. The molecule has 2 aromatic rings. The minimum atomic E-state index is -0.00479. The van der Waals surface area contributed by atoms with Crippen molar-refractivity contribution in [2.45, 2.75) is 13.5 Å². The molecule has 0 aliphatic rings. The van der Waals surface area contributed by atoms with Gasteiger partial charge in [-0.15, -0.1) is 0 Å². The van der Waals surface area contributed by atoms with E-state index in [0.717, 1.165) is 20.9 Å². The number of rotatable bonds is 1. The number of aryl methyl sites for hydroxylation is 2. The van der Waals surface area contributed by atoms with Crippen molar-refractivity contribution in [3.05, 3.63) is 44.2 Å². The van der Waals surface area contributed by atoms with Gasteiger partial charge in [0.2, 0.25) is 0 Å². The Balaban J connectivity index is 3.02. The van der Waals surface area contributed by atoms with Crippen LogP contribution in [0, 0.1) is 6.92 Å². The monoisotopic (exact) mass is 280 g/mol. The molecule has 0 spiro atoms. The van der Waals surface area contributed by atoms with Crippen LogP contribution in [0.5, 0.6) is 0 Å². The van der Waals surface area contributed by atoms with Crippen molar-refractivity contribution in [1.29, 1.82) is 0 Å². The largest absolute Gasteiger partial charge is 0.326 e. The molecule has 0 atom stereocenters. The van der Waals surface area contributed by atoms with Crippen molar-refractivity contribution in [2.24, 2.45) is 12.8 Å². The molecule has 2 N–H and O–H groups in total. The molecule has 1 aromatic heterocycles. The second-order valence-corrected chi connectivity index (χ2v) is 4.75. The van der Waals surface area contributed by atoms with E-state index in [9.17, 15) is 4.79 Å². The van der Waals surface area contributed by atoms with Crippen LogP contribution in [0.15, 0.2) is 27.5 Å². The average molecular weight is 281 g/mol. The minimum Gasteiger partial charge on any atom is -0.326 e. The van der Waals surface area contributed by atoms with Gasteiger partial charge < -0.3 is 10.3 Å². The molecule has 3 nitrogen and oxygen atoms in total. The molecule has 0 fully saturated rings. The minimum absolute atomic E-state index is 0.00479. The third kappa shape index (κ3) is 1.58. The van der Waals surface area contributed by atoms with E-state index in [0.29, 0.717) is 5.56 Å². The van der Waals surface area contributed by atoms with Crippen LogP contribution in [0.3, 0.4) is 0 Å². The number of halogens is 1. The number of nitrogens with zero attached hydrogens (tertiary/aromatic N) is 1.